The van der Waals surface area contributed by atoms with Gasteiger partial charge in [-0.15, -0.1) is 0 Å². The maximum absolute atomic E-state index is 10.8. The molecular formula is C37H23N5. The number of allylic oxidation sites excluding steroid dienone is 1. The fourth-order valence-electron chi connectivity index (χ4n) is 6.56. The Kier molecular flexibility index (Phi) is 5.32. The van der Waals surface area contributed by atoms with E-state index in [1.807, 2.05) is 60.7 Å². The molecule has 0 aliphatic heterocycles. The summed E-state index contributed by atoms with van der Waals surface area (Å²) in [4.78, 5) is 5.29. The molecule has 0 fully saturated rings. The van der Waals surface area contributed by atoms with Crippen LogP contribution in [0.5, 0.6) is 0 Å². The van der Waals surface area contributed by atoms with Gasteiger partial charge in [-0.25, -0.2) is 4.98 Å². The van der Waals surface area contributed by atoms with Gasteiger partial charge in [-0.05, 0) is 48.2 Å². The highest BCUT2D eigenvalue weighted by molar-refractivity contribution is 6.09. The molecule has 4 aromatic carbocycles. The van der Waals surface area contributed by atoms with Crippen LogP contribution in [0.25, 0.3) is 61.5 Å². The van der Waals surface area contributed by atoms with E-state index in [0.29, 0.717) is 28.3 Å². The molecule has 0 radical (unpaired) electrons. The van der Waals surface area contributed by atoms with Crippen molar-refractivity contribution in [3.8, 4) is 34.9 Å². The molecule has 1 aliphatic rings. The average molecular weight is 538 g/mol. The van der Waals surface area contributed by atoms with Crippen LogP contribution in [0.2, 0.25) is 0 Å². The molecule has 0 amide bonds. The third-order valence-electron chi connectivity index (χ3n) is 8.31. The number of hydrogen-bond acceptors (Lipinski definition) is 3. The van der Waals surface area contributed by atoms with Gasteiger partial charge in [0.15, 0.2) is 11.6 Å². The van der Waals surface area contributed by atoms with E-state index in [-0.39, 0.29) is 0 Å². The molecule has 1 aliphatic carbocycles. The van der Waals surface area contributed by atoms with Crippen LogP contribution in [0.3, 0.4) is 0 Å². The molecule has 5 heteroatoms. The van der Waals surface area contributed by atoms with E-state index < -0.39 is 0 Å². The summed E-state index contributed by atoms with van der Waals surface area (Å²) >= 11 is 0. The molecule has 0 saturated carbocycles. The molecule has 42 heavy (non-hydrogen) atoms. The number of nitrogens with zero attached hydrogens (tertiary/aromatic N) is 5. The van der Waals surface area contributed by atoms with Crippen molar-refractivity contribution >= 4 is 38.8 Å². The van der Waals surface area contributed by atoms with E-state index in [1.165, 1.54) is 5.56 Å². The predicted octanol–water partition coefficient (Wildman–Crippen LogP) is 8.49. The molecule has 5 nitrogen and oxygen atoms in total. The fourth-order valence-corrected chi connectivity index (χ4v) is 6.56. The Morgan fingerprint density at radius 1 is 0.595 bits per heavy atom. The third-order valence-corrected chi connectivity index (χ3v) is 8.31. The molecule has 0 N–H and O–H groups in total. The van der Waals surface area contributed by atoms with Crippen LogP contribution in [0.4, 0.5) is 0 Å². The summed E-state index contributed by atoms with van der Waals surface area (Å²) in [6.45, 7) is 0. The fraction of sp³-hybridized carbons (Fsp3) is 0.0541. The topological polar surface area (TPSA) is 70.3 Å². The first-order chi connectivity index (χ1) is 20.8. The number of benzene rings is 4. The minimum atomic E-state index is 0.369. The van der Waals surface area contributed by atoms with Crippen LogP contribution in [-0.2, 0) is 6.42 Å². The van der Waals surface area contributed by atoms with Crippen LogP contribution >= 0.6 is 0 Å². The Morgan fingerprint density at radius 3 is 1.74 bits per heavy atom. The van der Waals surface area contributed by atoms with Gasteiger partial charge in [0, 0.05) is 21.7 Å². The van der Waals surface area contributed by atoms with Crippen LogP contribution < -0.4 is 0 Å². The highest BCUT2D eigenvalue weighted by atomic mass is 15.1. The van der Waals surface area contributed by atoms with Gasteiger partial charge in [-0.2, -0.15) is 10.5 Å². The third kappa shape index (κ3) is 3.32. The Bertz CT molecular complexity index is 2270. The molecule has 3 heterocycles. The summed E-state index contributed by atoms with van der Waals surface area (Å²) in [7, 11) is 0. The number of pyridine rings is 1. The first-order valence-electron chi connectivity index (χ1n) is 14.0. The Labute approximate surface area is 242 Å². The van der Waals surface area contributed by atoms with E-state index in [2.05, 4.69) is 75.9 Å². The van der Waals surface area contributed by atoms with Crippen molar-refractivity contribution < 1.29 is 0 Å². The summed E-state index contributed by atoms with van der Waals surface area (Å²) in [6.07, 6.45) is 6.21. The maximum atomic E-state index is 10.8. The van der Waals surface area contributed by atoms with Crippen molar-refractivity contribution in [3.63, 3.8) is 0 Å². The summed E-state index contributed by atoms with van der Waals surface area (Å²) in [5, 5.41) is 24.9. The predicted molar refractivity (Wildman–Crippen MR) is 168 cm³/mol. The minimum absolute atomic E-state index is 0.369. The van der Waals surface area contributed by atoms with Crippen molar-refractivity contribution in [3.05, 3.63) is 132 Å². The number of hydrogen-bond donors (Lipinski definition) is 0. The summed E-state index contributed by atoms with van der Waals surface area (Å²) in [5.74, 6) is 1.03. The number of fused-ring (bicyclic) bond motifs is 6. The molecule has 0 atom stereocenters. The highest BCUT2D eigenvalue weighted by Gasteiger charge is 2.28. The molecule has 0 bridgehead atoms. The van der Waals surface area contributed by atoms with E-state index in [4.69, 9.17) is 4.98 Å². The summed E-state index contributed by atoms with van der Waals surface area (Å²) in [6, 6.07) is 39.4. The second-order valence-corrected chi connectivity index (χ2v) is 10.5. The lowest BCUT2D eigenvalue weighted by Gasteiger charge is -2.19. The zero-order valence-corrected chi connectivity index (χ0v) is 22.6. The van der Waals surface area contributed by atoms with Gasteiger partial charge in [0.1, 0.15) is 23.3 Å². The van der Waals surface area contributed by atoms with E-state index in [1.54, 1.807) is 0 Å². The zero-order chi connectivity index (χ0) is 28.2. The van der Waals surface area contributed by atoms with E-state index >= 15 is 0 Å². The van der Waals surface area contributed by atoms with Crippen molar-refractivity contribution in [1.82, 2.24) is 14.1 Å². The van der Waals surface area contributed by atoms with Gasteiger partial charge in [0.2, 0.25) is 0 Å². The molecular weight excluding hydrogens is 514 g/mol. The van der Waals surface area contributed by atoms with E-state index in [9.17, 15) is 10.5 Å². The maximum Gasteiger partial charge on any atom is 0.158 e. The lowest BCUT2D eigenvalue weighted by Crippen LogP contribution is -2.12. The summed E-state index contributed by atoms with van der Waals surface area (Å²) < 4.78 is 4.19. The zero-order valence-electron chi connectivity index (χ0n) is 22.6. The highest BCUT2D eigenvalue weighted by Crippen LogP contribution is 2.41. The van der Waals surface area contributed by atoms with Crippen molar-refractivity contribution in [2.24, 2.45) is 0 Å². The second kappa shape index (κ2) is 9.34. The van der Waals surface area contributed by atoms with Crippen molar-refractivity contribution in [1.29, 1.82) is 10.5 Å². The lowest BCUT2D eigenvalue weighted by atomic mass is 9.95. The van der Waals surface area contributed by atoms with Gasteiger partial charge >= 0.3 is 0 Å². The monoisotopic (exact) mass is 537 g/mol. The van der Waals surface area contributed by atoms with Gasteiger partial charge in [-0.3, -0.25) is 9.13 Å². The van der Waals surface area contributed by atoms with Crippen molar-refractivity contribution in [2.75, 3.05) is 0 Å². The molecule has 7 aromatic rings. The average Bonchev–Trinajstić information content (AvgIpc) is 3.57. The molecule has 0 saturated heterocycles. The molecule has 8 rings (SSSR count). The Morgan fingerprint density at radius 2 is 1.12 bits per heavy atom. The van der Waals surface area contributed by atoms with Crippen LogP contribution in [0, 0.1) is 22.7 Å². The lowest BCUT2D eigenvalue weighted by molar-refractivity contribution is 0.937. The quantitative estimate of drug-likeness (QED) is 0.227. The number of aryl methyl sites for hydroxylation is 1. The van der Waals surface area contributed by atoms with Crippen LogP contribution in [0.1, 0.15) is 28.8 Å². The van der Waals surface area contributed by atoms with Gasteiger partial charge in [0.25, 0.3) is 0 Å². The first kappa shape index (κ1) is 23.9. The largest absolute Gasteiger partial charge is 0.293 e. The normalized spacial score (nSPS) is 12.4. The Hall–Kier alpha value is -5.91. The second-order valence-electron chi connectivity index (χ2n) is 10.5. The van der Waals surface area contributed by atoms with Gasteiger partial charge in [0.05, 0.1) is 22.2 Å². The smallest absolute Gasteiger partial charge is 0.158 e. The van der Waals surface area contributed by atoms with Crippen molar-refractivity contribution in [2.45, 2.75) is 12.8 Å². The van der Waals surface area contributed by atoms with Gasteiger partial charge in [-0.1, -0.05) is 91.0 Å². The molecule has 196 valence electrons. The van der Waals surface area contributed by atoms with Gasteiger partial charge < -0.3 is 0 Å². The Balaban J connectivity index is 1.60. The van der Waals surface area contributed by atoms with E-state index in [0.717, 1.165) is 56.8 Å². The molecule has 3 aromatic heterocycles. The number of para-hydroxylation sites is 3. The molecule has 0 spiro atoms. The number of nitriles is 2. The molecule has 0 unspecified atom stereocenters. The van der Waals surface area contributed by atoms with Crippen LogP contribution in [0.15, 0.2) is 109 Å². The minimum Gasteiger partial charge on any atom is -0.293 e. The standard InChI is InChI=1S/C37H23N5/c38-22-29-35(24-12-2-1-3-13-24)30(23-39)37(42-33-20-10-6-16-27(33)28-17-7-11-21-34(28)42)40-36(29)41-31-18-8-4-14-25(31)26-15-5-9-19-32(26)41/h1-6,8-16,18-21H,7,17H2. The SMILES string of the molecule is N#Cc1c(-n2c3c(c4ccccc42)CCC=C3)nc(-n2c3ccccc3c3ccccc32)c(C#N)c1-c1ccccc1. The van der Waals surface area contributed by atoms with Crippen LogP contribution in [-0.4, -0.2) is 14.1 Å². The number of aromatic nitrogens is 3. The number of rotatable bonds is 3. The first-order valence-corrected chi connectivity index (χ1v) is 14.0. The summed E-state index contributed by atoms with van der Waals surface area (Å²) in [5.41, 5.74) is 7.33.